The quantitative estimate of drug-likeness (QED) is 0.146. The Kier molecular flexibility index (Phi) is 9.45. The Hall–Kier alpha value is -4.03. The minimum Gasteiger partial charge on any atom is -0.493 e. The van der Waals surface area contributed by atoms with Crippen LogP contribution in [-0.2, 0) is 6.61 Å². The van der Waals surface area contributed by atoms with Crippen LogP contribution in [0.5, 0.6) is 11.5 Å². The summed E-state index contributed by atoms with van der Waals surface area (Å²) >= 11 is 0. The molecule has 0 saturated heterocycles. The lowest BCUT2D eigenvalue weighted by Gasteiger charge is -2.13. The van der Waals surface area contributed by atoms with Gasteiger partial charge in [0.05, 0.1) is 12.7 Å². The molecule has 4 rings (SSSR count). The molecule has 0 heterocycles. The van der Waals surface area contributed by atoms with E-state index < -0.39 is 23.6 Å². The van der Waals surface area contributed by atoms with Crippen LogP contribution in [0.2, 0.25) is 0 Å². The number of hydrogen-bond acceptors (Lipinski definition) is 3. The summed E-state index contributed by atoms with van der Waals surface area (Å²) < 4.78 is 55.6. The molecular weight excluding hydrogens is 501 g/mol. The fraction of sp³-hybridized carbons (Fsp3) is 0.212. The van der Waals surface area contributed by atoms with Gasteiger partial charge in [-0.05, 0) is 53.8 Å². The largest absolute Gasteiger partial charge is 0.493 e. The molecule has 0 radical (unpaired) electrons. The Bertz CT molecular complexity index is 1400. The van der Waals surface area contributed by atoms with Crippen LogP contribution in [0.1, 0.15) is 43.4 Å². The fourth-order valence-electron chi connectivity index (χ4n) is 4.22. The van der Waals surface area contributed by atoms with Gasteiger partial charge < -0.3 is 14.6 Å². The lowest BCUT2D eigenvalue weighted by Crippen LogP contribution is -2.02. The van der Waals surface area contributed by atoms with Gasteiger partial charge in [-0.3, -0.25) is 0 Å². The smallest absolute Gasteiger partial charge is 0.167 e. The summed E-state index contributed by atoms with van der Waals surface area (Å²) in [5.41, 5.74) is 2.53. The van der Waals surface area contributed by atoms with E-state index in [-0.39, 0.29) is 17.7 Å². The summed E-state index contributed by atoms with van der Waals surface area (Å²) in [6.45, 7) is 5.87. The number of rotatable bonds is 12. The van der Waals surface area contributed by atoms with Crippen LogP contribution in [0.15, 0.2) is 91.5 Å². The lowest BCUT2D eigenvalue weighted by molar-refractivity contribution is 0.166. The standard InChI is InChI=1S/C33H31F3O3/c1-3-5-19-38-27-16-18-28(30(34)20-27)22-11-14-26(15-12-22)39-21-25-13-17-29(33(36)32(25)35)23-7-9-24(10-8-23)31(37)6-4-2/h3,7-18,20,31,37H,1,4-6,19,21H2,2H3. The number of aliphatic hydroxyl groups excluding tert-OH is 1. The second kappa shape index (κ2) is 13.2. The van der Waals surface area contributed by atoms with Gasteiger partial charge in [0.2, 0.25) is 0 Å². The maximum atomic E-state index is 14.9. The molecule has 1 atom stereocenters. The van der Waals surface area contributed by atoms with Crippen LogP contribution >= 0.6 is 0 Å². The van der Waals surface area contributed by atoms with Crippen molar-refractivity contribution < 1.29 is 27.8 Å². The molecule has 0 aliphatic carbocycles. The van der Waals surface area contributed by atoms with Crippen molar-refractivity contribution in [2.75, 3.05) is 6.61 Å². The minimum absolute atomic E-state index is 0.0772. The molecule has 0 bridgehead atoms. The van der Waals surface area contributed by atoms with Crippen LogP contribution in [-0.4, -0.2) is 11.7 Å². The van der Waals surface area contributed by atoms with Gasteiger partial charge in [0, 0.05) is 22.8 Å². The van der Waals surface area contributed by atoms with Crippen molar-refractivity contribution in [3.8, 4) is 33.8 Å². The van der Waals surface area contributed by atoms with Gasteiger partial charge in [0.15, 0.2) is 11.6 Å². The van der Waals surface area contributed by atoms with Crippen LogP contribution in [0.4, 0.5) is 13.2 Å². The first-order valence-corrected chi connectivity index (χ1v) is 12.9. The molecule has 4 aromatic carbocycles. The molecule has 6 heteroatoms. The Labute approximate surface area is 227 Å². The van der Waals surface area contributed by atoms with E-state index in [1.54, 1.807) is 66.7 Å². The molecule has 202 valence electrons. The van der Waals surface area contributed by atoms with Gasteiger partial charge >= 0.3 is 0 Å². The third-order valence-corrected chi connectivity index (χ3v) is 6.42. The number of hydrogen-bond donors (Lipinski definition) is 1. The predicted octanol–water partition coefficient (Wildman–Crippen LogP) is 8.81. The van der Waals surface area contributed by atoms with E-state index in [1.807, 2.05) is 6.92 Å². The maximum Gasteiger partial charge on any atom is 0.167 e. The van der Waals surface area contributed by atoms with E-state index >= 15 is 0 Å². The number of benzene rings is 4. The molecule has 1 unspecified atom stereocenters. The van der Waals surface area contributed by atoms with Crippen molar-refractivity contribution in [1.29, 1.82) is 0 Å². The summed E-state index contributed by atoms with van der Waals surface area (Å²) in [7, 11) is 0. The van der Waals surface area contributed by atoms with Crippen LogP contribution in [0.3, 0.4) is 0 Å². The van der Waals surface area contributed by atoms with Crippen molar-refractivity contribution in [1.82, 2.24) is 0 Å². The summed E-state index contributed by atoms with van der Waals surface area (Å²) in [6, 6.07) is 21.2. The van der Waals surface area contributed by atoms with Gasteiger partial charge in [0.25, 0.3) is 0 Å². The molecule has 0 aliphatic rings. The number of halogens is 3. The van der Waals surface area contributed by atoms with Crippen molar-refractivity contribution in [2.24, 2.45) is 0 Å². The van der Waals surface area contributed by atoms with Crippen molar-refractivity contribution >= 4 is 0 Å². The molecule has 3 nitrogen and oxygen atoms in total. The van der Waals surface area contributed by atoms with E-state index in [9.17, 15) is 18.3 Å². The summed E-state index contributed by atoms with van der Waals surface area (Å²) in [4.78, 5) is 0. The van der Waals surface area contributed by atoms with E-state index in [0.29, 0.717) is 47.6 Å². The second-order valence-electron chi connectivity index (χ2n) is 9.21. The number of ether oxygens (including phenoxy) is 2. The first-order chi connectivity index (χ1) is 18.9. The first-order valence-electron chi connectivity index (χ1n) is 12.9. The zero-order chi connectivity index (χ0) is 27.8. The van der Waals surface area contributed by atoms with Crippen LogP contribution < -0.4 is 9.47 Å². The van der Waals surface area contributed by atoms with Gasteiger partial charge in [-0.25, -0.2) is 13.2 Å². The van der Waals surface area contributed by atoms with Crippen LogP contribution in [0, 0.1) is 17.5 Å². The van der Waals surface area contributed by atoms with E-state index in [4.69, 9.17) is 9.47 Å². The molecule has 4 aromatic rings. The van der Waals surface area contributed by atoms with E-state index in [2.05, 4.69) is 6.58 Å². The van der Waals surface area contributed by atoms with E-state index in [0.717, 1.165) is 12.0 Å². The van der Waals surface area contributed by atoms with Crippen molar-refractivity contribution in [3.63, 3.8) is 0 Å². The normalized spacial score (nSPS) is 11.7. The average Bonchev–Trinajstić information content (AvgIpc) is 2.95. The van der Waals surface area contributed by atoms with Gasteiger partial charge in [-0.1, -0.05) is 68.0 Å². The SMILES string of the molecule is C=CCCOc1ccc(-c2ccc(OCc3ccc(-c4ccc(C(O)CCC)cc4)c(F)c3F)cc2)c(F)c1. The zero-order valence-electron chi connectivity index (χ0n) is 21.8. The zero-order valence-corrected chi connectivity index (χ0v) is 21.8. The Morgan fingerprint density at radius 3 is 2.10 bits per heavy atom. The molecule has 0 aromatic heterocycles. The fourth-order valence-corrected chi connectivity index (χ4v) is 4.22. The summed E-state index contributed by atoms with van der Waals surface area (Å²) in [6.07, 6.45) is 3.30. The Balaban J connectivity index is 1.41. The Morgan fingerprint density at radius 2 is 1.44 bits per heavy atom. The third kappa shape index (κ3) is 6.89. The van der Waals surface area contributed by atoms with Gasteiger partial charge in [-0.15, -0.1) is 6.58 Å². The highest BCUT2D eigenvalue weighted by Gasteiger charge is 2.16. The van der Waals surface area contributed by atoms with Gasteiger partial charge in [0.1, 0.15) is 23.9 Å². The molecule has 0 saturated carbocycles. The lowest BCUT2D eigenvalue weighted by atomic mass is 9.98. The average molecular weight is 533 g/mol. The first kappa shape index (κ1) is 28.0. The van der Waals surface area contributed by atoms with Crippen LogP contribution in [0.25, 0.3) is 22.3 Å². The molecule has 0 fully saturated rings. The third-order valence-electron chi connectivity index (χ3n) is 6.42. The highest BCUT2D eigenvalue weighted by atomic mass is 19.2. The second-order valence-corrected chi connectivity index (χ2v) is 9.21. The molecule has 0 amide bonds. The predicted molar refractivity (Wildman–Crippen MR) is 148 cm³/mol. The van der Waals surface area contributed by atoms with Crippen molar-refractivity contribution in [2.45, 2.75) is 38.9 Å². The molecule has 1 N–H and O–H groups in total. The molecule has 0 aliphatic heterocycles. The summed E-state index contributed by atoms with van der Waals surface area (Å²) in [5, 5.41) is 10.1. The summed E-state index contributed by atoms with van der Waals surface area (Å²) in [5.74, 6) is -1.46. The number of aliphatic hydroxyl groups is 1. The highest BCUT2D eigenvalue weighted by molar-refractivity contribution is 5.66. The van der Waals surface area contributed by atoms with Crippen molar-refractivity contribution in [3.05, 3.63) is 120 Å². The maximum absolute atomic E-state index is 14.9. The monoisotopic (exact) mass is 532 g/mol. The highest BCUT2D eigenvalue weighted by Crippen LogP contribution is 2.30. The molecular formula is C33H31F3O3. The molecule has 39 heavy (non-hydrogen) atoms. The Morgan fingerprint density at radius 1 is 0.795 bits per heavy atom. The van der Waals surface area contributed by atoms with E-state index in [1.165, 1.54) is 18.2 Å². The minimum atomic E-state index is -0.975. The molecule has 0 spiro atoms. The topological polar surface area (TPSA) is 38.7 Å². The van der Waals surface area contributed by atoms with Gasteiger partial charge in [-0.2, -0.15) is 0 Å².